The number of para-hydroxylation sites is 2. The summed E-state index contributed by atoms with van der Waals surface area (Å²) in [6.45, 7) is 10.9. The first-order valence-electron chi connectivity index (χ1n) is 14.9. The fraction of sp³-hybridized carbons (Fsp3) is 0.100. The van der Waals surface area contributed by atoms with E-state index in [1.165, 1.54) is 80.7 Å². The van der Waals surface area contributed by atoms with Crippen LogP contribution in [-0.4, -0.2) is 4.57 Å². The molecule has 1 aliphatic carbocycles. The van der Waals surface area contributed by atoms with Gasteiger partial charge in [-0.2, -0.15) is 0 Å². The molecule has 0 atom stereocenters. The number of anilines is 2. The molecular weight excluding hydrogens is 541 g/mol. The van der Waals surface area contributed by atoms with Crippen LogP contribution in [0.4, 0.5) is 11.4 Å². The fourth-order valence-electron chi connectivity index (χ4n) is 7.77. The highest BCUT2D eigenvalue weighted by Crippen LogP contribution is 2.59. The van der Waals surface area contributed by atoms with Gasteiger partial charge in [-0.05, 0) is 53.4 Å². The molecule has 0 saturated heterocycles. The fourth-order valence-corrected chi connectivity index (χ4v) is 8.92. The molecule has 0 unspecified atom stereocenters. The maximum Gasteiger partial charge on any atom is 0.0644 e. The van der Waals surface area contributed by atoms with Crippen LogP contribution >= 0.6 is 11.3 Å². The Labute approximate surface area is 254 Å². The Morgan fingerprint density at radius 1 is 0.791 bits per heavy atom. The van der Waals surface area contributed by atoms with E-state index in [0.29, 0.717) is 0 Å². The Balaban J connectivity index is 1.45. The van der Waals surface area contributed by atoms with Crippen LogP contribution < -0.4 is 15.1 Å². The third-order valence-corrected chi connectivity index (χ3v) is 11.0. The van der Waals surface area contributed by atoms with Crippen molar-refractivity contribution in [2.24, 2.45) is 0 Å². The summed E-state index contributed by atoms with van der Waals surface area (Å²) in [5.74, 6) is 0. The molecule has 1 N–H and O–H groups in total. The lowest BCUT2D eigenvalue weighted by molar-refractivity contribution is 0.661. The largest absolute Gasteiger partial charge is 0.354 e. The minimum atomic E-state index is -0.135. The molecule has 1 aliphatic heterocycles. The van der Waals surface area contributed by atoms with E-state index in [1.54, 1.807) is 0 Å². The monoisotopic (exact) mass is 570 g/mol. The molecule has 3 heteroatoms. The zero-order valence-electron chi connectivity index (χ0n) is 24.5. The van der Waals surface area contributed by atoms with Gasteiger partial charge in [-0.15, -0.1) is 11.3 Å². The summed E-state index contributed by atoms with van der Waals surface area (Å²) in [6.07, 6.45) is 6.22. The van der Waals surface area contributed by atoms with Crippen LogP contribution in [-0.2, 0) is 5.41 Å². The summed E-state index contributed by atoms with van der Waals surface area (Å²) in [6, 6.07) is 33.8. The maximum atomic E-state index is 4.00. The van der Waals surface area contributed by atoms with Crippen molar-refractivity contribution in [2.45, 2.75) is 26.2 Å². The van der Waals surface area contributed by atoms with Gasteiger partial charge in [-0.1, -0.05) is 105 Å². The number of thiophene rings is 1. The van der Waals surface area contributed by atoms with Crippen molar-refractivity contribution in [2.75, 3.05) is 5.32 Å². The predicted molar refractivity (Wildman–Crippen MR) is 186 cm³/mol. The van der Waals surface area contributed by atoms with Crippen LogP contribution in [0.1, 0.15) is 31.9 Å². The standard InChI is InChI=1S/C40H30N2S/c1-5-13-24-26-17-12-19-30(39(26)43-34(24)6-2)41-31-22-29-37-35-25(16-11-18-28(35)40(29,3)4)23-14-7-9-20-32(23)42-33-21-10-8-15-27(33)36(31)38(37)42/h5-22,41H,1H2,2-4H3/b24-13-,34-6+. The first-order chi connectivity index (χ1) is 21.0. The maximum absolute atomic E-state index is 4.00. The van der Waals surface area contributed by atoms with Crippen molar-refractivity contribution in [3.63, 3.8) is 0 Å². The zero-order valence-corrected chi connectivity index (χ0v) is 25.3. The number of aromatic nitrogens is 1. The summed E-state index contributed by atoms with van der Waals surface area (Å²) < 4.78 is 5.06. The van der Waals surface area contributed by atoms with Crippen LogP contribution in [0, 0.1) is 0 Å². The molecule has 0 bridgehead atoms. The summed E-state index contributed by atoms with van der Waals surface area (Å²) in [7, 11) is 0. The van der Waals surface area contributed by atoms with E-state index in [9.17, 15) is 0 Å². The lowest BCUT2D eigenvalue weighted by Gasteiger charge is -2.24. The highest BCUT2D eigenvalue weighted by molar-refractivity contribution is 7.17. The SMILES string of the molecule is C=C/C=c1\c(=C/C)sc2c(Nc3cc4c5c6c3c3ccccc3n6-c3ccccc3-c3cccc(c3-5)C4(C)C)cccc12. The lowest BCUT2D eigenvalue weighted by atomic mass is 9.81. The molecule has 7 aromatic rings. The molecule has 0 fully saturated rings. The quantitative estimate of drug-likeness (QED) is 0.224. The molecule has 43 heavy (non-hydrogen) atoms. The van der Waals surface area contributed by atoms with Crippen molar-refractivity contribution in [3.05, 3.63) is 125 Å². The average Bonchev–Trinajstić information content (AvgIpc) is 3.61. The Kier molecular flexibility index (Phi) is 4.94. The summed E-state index contributed by atoms with van der Waals surface area (Å²) in [5.41, 5.74) is 14.1. The van der Waals surface area contributed by atoms with Crippen molar-refractivity contribution in [3.8, 4) is 27.9 Å². The molecule has 0 saturated carbocycles. The van der Waals surface area contributed by atoms with Gasteiger partial charge in [-0.25, -0.2) is 0 Å². The first kappa shape index (κ1) is 24.7. The van der Waals surface area contributed by atoms with E-state index in [-0.39, 0.29) is 5.41 Å². The Morgan fingerprint density at radius 3 is 2.42 bits per heavy atom. The van der Waals surface area contributed by atoms with Crippen molar-refractivity contribution in [1.82, 2.24) is 4.57 Å². The third-order valence-electron chi connectivity index (χ3n) is 9.63. The summed E-state index contributed by atoms with van der Waals surface area (Å²) in [4.78, 5) is 0. The number of hydrogen-bond acceptors (Lipinski definition) is 2. The van der Waals surface area contributed by atoms with Gasteiger partial charge in [0.15, 0.2) is 0 Å². The number of benzene rings is 5. The van der Waals surface area contributed by atoms with E-state index in [4.69, 9.17) is 0 Å². The van der Waals surface area contributed by atoms with Gasteiger partial charge in [0.05, 0.1) is 27.1 Å². The molecule has 0 amide bonds. The molecule has 9 rings (SSSR count). The van der Waals surface area contributed by atoms with Gasteiger partial charge in [-0.3, -0.25) is 0 Å². The van der Waals surface area contributed by atoms with E-state index >= 15 is 0 Å². The van der Waals surface area contributed by atoms with Crippen LogP contribution in [0.15, 0.2) is 104 Å². The second kappa shape index (κ2) is 8.59. The third kappa shape index (κ3) is 3.07. The van der Waals surface area contributed by atoms with Gasteiger partial charge in [0.25, 0.3) is 0 Å². The number of rotatable bonds is 3. The first-order valence-corrected chi connectivity index (χ1v) is 15.8. The van der Waals surface area contributed by atoms with E-state index in [0.717, 1.165) is 11.4 Å². The zero-order chi connectivity index (χ0) is 29.0. The normalized spacial score (nSPS) is 15.0. The van der Waals surface area contributed by atoms with Crippen molar-refractivity contribution in [1.29, 1.82) is 0 Å². The second-order valence-electron chi connectivity index (χ2n) is 12.2. The van der Waals surface area contributed by atoms with E-state index in [2.05, 4.69) is 140 Å². The molecular formula is C40H30N2S. The molecule has 5 aromatic carbocycles. The van der Waals surface area contributed by atoms with Gasteiger partial charge >= 0.3 is 0 Å². The highest BCUT2D eigenvalue weighted by atomic mass is 32.1. The molecule has 0 spiro atoms. The summed E-state index contributed by atoms with van der Waals surface area (Å²) in [5, 5.41) is 9.05. The minimum Gasteiger partial charge on any atom is -0.354 e. The molecule has 2 aliphatic rings. The van der Waals surface area contributed by atoms with Gasteiger partial charge in [0.2, 0.25) is 0 Å². The van der Waals surface area contributed by atoms with E-state index in [1.807, 2.05) is 17.4 Å². The number of fused-ring (bicyclic) bond motifs is 7. The molecule has 0 radical (unpaired) electrons. The number of hydrogen-bond donors (Lipinski definition) is 1. The van der Waals surface area contributed by atoms with Gasteiger partial charge in [0, 0.05) is 48.1 Å². The molecule has 206 valence electrons. The summed E-state index contributed by atoms with van der Waals surface area (Å²) >= 11 is 1.84. The molecule has 3 heterocycles. The predicted octanol–water partition coefficient (Wildman–Crippen LogP) is 9.80. The van der Waals surface area contributed by atoms with Crippen LogP contribution in [0.5, 0.6) is 0 Å². The number of nitrogens with one attached hydrogen (secondary N) is 1. The highest BCUT2D eigenvalue weighted by Gasteiger charge is 2.41. The van der Waals surface area contributed by atoms with Gasteiger partial charge in [0.1, 0.15) is 0 Å². The van der Waals surface area contributed by atoms with E-state index < -0.39 is 0 Å². The van der Waals surface area contributed by atoms with Crippen LogP contribution in [0.25, 0.3) is 72.0 Å². The molecule has 2 aromatic heterocycles. The smallest absolute Gasteiger partial charge is 0.0644 e. The number of nitrogens with zero attached hydrogens (tertiary/aromatic N) is 1. The Hall–Kier alpha value is -4.86. The Bertz CT molecular complexity index is 2490. The average molecular weight is 571 g/mol. The van der Waals surface area contributed by atoms with Gasteiger partial charge < -0.3 is 9.88 Å². The van der Waals surface area contributed by atoms with Crippen LogP contribution in [0.3, 0.4) is 0 Å². The molecule has 2 nitrogen and oxygen atoms in total. The topological polar surface area (TPSA) is 17.0 Å². The number of allylic oxidation sites excluding steroid dienone is 1. The van der Waals surface area contributed by atoms with Crippen molar-refractivity contribution >= 4 is 66.8 Å². The lowest BCUT2D eigenvalue weighted by Crippen LogP contribution is -2.17. The minimum absolute atomic E-state index is 0.135. The van der Waals surface area contributed by atoms with Crippen molar-refractivity contribution < 1.29 is 0 Å². The van der Waals surface area contributed by atoms with Crippen LogP contribution in [0.2, 0.25) is 0 Å². The second-order valence-corrected chi connectivity index (χ2v) is 13.2. The Morgan fingerprint density at radius 2 is 1.56 bits per heavy atom.